The molecule has 0 bridgehead atoms. The molecule has 28 heavy (non-hydrogen) atoms. The van der Waals surface area contributed by atoms with E-state index in [1.807, 2.05) is 31.2 Å². The number of carbonyl (C=O) groups excluding carboxylic acids is 1. The molecule has 3 rings (SSSR count). The summed E-state index contributed by atoms with van der Waals surface area (Å²) in [7, 11) is 0. The summed E-state index contributed by atoms with van der Waals surface area (Å²) in [4.78, 5) is 22.7. The van der Waals surface area contributed by atoms with Crippen LogP contribution in [0.1, 0.15) is 11.1 Å². The van der Waals surface area contributed by atoms with Gasteiger partial charge in [0.05, 0.1) is 10.7 Å². The van der Waals surface area contributed by atoms with Gasteiger partial charge >= 0.3 is 0 Å². The molecule has 1 aromatic heterocycles. The second-order valence-corrected chi connectivity index (χ2v) is 8.11. The number of benzene rings is 2. The Hall–Kier alpha value is -2.98. The molecule has 8 nitrogen and oxygen atoms in total. The molecule has 1 amide bonds. The van der Waals surface area contributed by atoms with Crippen molar-refractivity contribution in [3.05, 3.63) is 63.7 Å². The Morgan fingerprint density at radius 1 is 1.18 bits per heavy atom. The van der Waals surface area contributed by atoms with Crippen molar-refractivity contribution in [1.82, 2.24) is 10.2 Å². The Kier molecular flexibility index (Phi) is 6.22. The molecular weight excluding hydrogens is 398 g/mol. The second kappa shape index (κ2) is 8.81. The highest BCUT2D eigenvalue weighted by atomic mass is 32.2. The first kappa shape index (κ1) is 19.8. The van der Waals surface area contributed by atoms with Gasteiger partial charge in [-0.15, -0.1) is 10.2 Å². The van der Waals surface area contributed by atoms with Gasteiger partial charge in [0.1, 0.15) is 0 Å². The SMILES string of the molecule is Cc1ccccc1Nc1nnc(SCC(=O)Nc2ccc(C)c([N+](=O)[O-])c2)s1. The van der Waals surface area contributed by atoms with E-state index >= 15 is 0 Å². The summed E-state index contributed by atoms with van der Waals surface area (Å²) in [5.74, 6) is -0.146. The minimum Gasteiger partial charge on any atom is -0.330 e. The van der Waals surface area contributed by atoms with Crippen LogP contribution in [0.25, 0.3) is 0 Å². The van der Waals surface area contributed by atoms with Crippen LogP contribution in [0, 0.1) is 24.0 Å². The van der Waals surface area contributed by atoms with E-state index in [1.54, 1.807) is 19.1 Å². The number of nitrogens with zero attached hydrogens (tertiary/aromatic N) is 3. The minimum atomic E-state index is -0.468. The second-order valence-electron chi connectivity index (χ2n) is 5.91. The molecule has 144 valence electrons. The Bertz CT molecular complexity index is 1020. The average Bonchev–Trinajstić information content (AvgIpc) is 3.11. The molecule has 2 aromatic carbocycles. The van der Waals surface area contributed by atoms with Crippen molar-refractivity contribution < 1.29 is 9.72 Å². The van der Waals surface area contributed by atoms with Crippen LogP contribution in [0.2, 0.25) is 0 Å². The minimum absolute atomic E-state index is 0.0264. The highest BCUT2D eigenvalue weighted by Gasteiger charge is 2.13. The monoisotopic (exact) mass is 415 g/mol. The van der Waals surface area contributed by atoms with Crippen molar-refractivity contribution in [2.24, 2.45) is 0 Å². The van der Waals surface area contributed by atoms with E-state index in [0.29, 0.717) is 20.7 Å². The molecule has 10 heteroatoms. The fourth-order valence-electron chi connectivity index (χ4n) is 2.36. The van der Waals surface area contributed by atoms with E-state index in [2.05, 4.69) is 20.8 Å². The molecule has 0 saturated heterocycles. The molecule has 0 radical (unpaired) electrons. The van der Waals surface area contributed by atoms with Crippen LogP contribution in [0.4, 0.5) is 22.2 Å². The molecule has 0 spiro atoms. The van der Waals surface area contributed by atoms with Crippen LogP contribution >= 0.6 is 23.1 Å². The largest absolute Gasteiger partial charge is 0.330 e. The number of hydrogen-bond acceptors (Lipinski definition) is 8. The number of para-hydroxylation sites is 1. The third kappa shape index (κ3) is 5.05. The number of hydrogen-bond donors (Lipinski definition) is 2. The van der Waals surface area contributed by atoms with Crippen LogP contribution in [-0.4, -0.2) is 26.8 Å². The van der Waals surface area contributed by atoms with Gasteiger partial charge in [0.2, 0.25) is 11.0 Å². The molecule has 0 saturated carbocycles. The maximum absolute atomic E-state index is 12.1. The molecule has 0 aliphatic carbocycles. The Morgan fingerprint density at radius 2 is 1.96 bits per heavy atom. The summed E-state index contributed by atoms with van der Waals surface area (Å²) in [5, 5.41) is 25.7. The standard InChI is InChI=1S/C18H17N5O3S2/c1-11-5-3-4-6-14(11)20-17-21-22-18(28-17)27-10-16(24)19-13-8-7-12(2)15(9-13)23(25)26/h3-9H,10H2,1-2H3,(H,19,24)(H,20,21). The lowest BCUT2D eigenvalue weighted by molar-refractivity contribution is -0.385. The van der Waals surface area contributed by atoms with Crippen molar-refractivity contribution in [1.29, 1.82) is 0 Å². The van der Waals surface area contributed by atoms with Crippen molar-refractivity contribution in [3.63, 3.8) is 0 Å². The highest BCUT2D eigenvalue weighted by Crippen LogP contribution is 2.29. The topological polar surface area (TPSA) is 110 Å². The zero-order chi connectivity index (χ0) is 20.1. The Labute approximate surface area is 169 Å². The number of aryl methyl sites for hydroxylation is 2. The summed E-state index contributed by atoms with van der Waals surface area (Å²) in [6.07, 6.45) is 0. The van der Waals surface area contributed by atoms with Crippen LogP contribution in [0.5, 0.6) is 0 Å². The fraction of sp³-hybridized carbons (Fsp3) is 0.167. The summed E-state index contributed by atoms with van der Waals surface area (Å²) >= 11 is 2.61. The molecule has 0 aliphatic heterocycles. The van der Waals surface area contributed by atoms with Gasteiger partial charge in [-0.05, 0) is 31.5 Å². The third-order valence-corrected chi connectivity index (χ3v) is 5.78. The first-order valence-corrected chi connectivity index (χ1v) is 10.1. The number of rotatable bonds is 7. The molecular formula is C18H17N5O3S2. The highest BCUT2D eigenvalue weighted by molar-refractivity contribution is 8.01. The van der Waals surface area contributed by atoms with E-state index < -0.39 is 4.92 Å². The summed E-state index contributed by atoms with van der Waals surface area (Å²) in [6.45, 7) is 3.65. The van der Waals surface area contributed by atoms with Crippen LogP contribution in [0.3, 0.4) is 0 Å². The van der Waals surface area contributed by atoms with E-state index in [0.717, 1.165) is 11.3 Å². The third-order valence-electron chi connectivity index (χ3n) is 3.81. The quantitative estimate of drug-likeness (QED) is 0.331. The van der Waals surface area contributed by atoms with E-state index in [-0.39, 0.29) is 17.3 Å². The van der Waals surface area contributed by atoms with E-state index in [9.17, 15) is 14.9 Å². The molecule has 1 heterocycles. The summed E-state index contributed by atoms with van der Waals surface area (Å²) < 4.78 is 0.654. The number of amides is 1. The van der Waals surface area contributed by atoms with Crippen molar-refractivity contribution in [2.45, 2.75) is 18.2 Å². The number of aromatic nitrogens is 2. The fourth-order valence-corrected chi connectivity index (χ4v) is 3.92. The zero-order valence-electron chi connectivity index (χ0n) is 15.1. The van der Waals surface area contributed by atoms with Crippen molar-refractivity contribution >= 4 is 51.2 Å². The number of thioether (sulfide) groups is 1. The Morgan fingerprint density at radius 3 is 2.71 bits per heavy atom. The van der Waals surface area contributed by atoms with Gasteiger partial charge < -0.3 is 10.6 Å². The number of anilines is 3. The predicted molar refractivity (Wildman–Crippen MR) is 112 cm³/mol. The van der Waals surface area contributed by atoms with Gasteiger partial charge in [-0.25, -0.2) is 0 Å². The van der Waals surface area contributed by atoms with Crippen LogP contribution in [-0.2, 0) is 4.79 Å². The lowest BCUT2D eigenvalue weighted by Gasteiger charge is -2.05. The number of nitrogens with one attached hydrogen (secondary N) is 2. The first-order valence-electron chi connectivity index (χ1n) is 8.26. The van der Waals surface area contributed by atoms with Gasteiger partial charge in [-0.3, -0.25) is 14.9 Å². The lowest BCUT2D eigenvalue weighted by atomic mass is 10.2. The summed E-state index contributed by atoms with van der Waals surface area (Å²) in [6, 6.07) is 12.5. The number of carbonyl (C=O) groups is 1. The molecule has 0 fully saturated rings. The normalized spacial score (nSPS) is 10.5. The van der Waals surface area contributed by atoms with Gasteiger partial charge in [-0.1, -0.05) is 47.4 Å². The molecule has 0 aliphatic rings. The predicted octanol–water partition coefficient (Wildman–Crippen LogP) is 4.54. The smallest absolute Gasteiger partial charge is 0.274 e. The Balaban J connectivity index is 1.55. The van der Waals surface area contributed by atoms with Crippen molar-refractivity contribution in [2.75, 3.05) is 16.4 Å². The van der Waals surface area contributed by atoms with E-state index in [4.69, 9.17) is 0 Å². The molecule has 0 unspecified atom stereocenters. The lowest BCUT2D eigenvalue weighted by Crippen LogP contribution is -2.14. The van der Waals surface area contributed by atoms with Gasteiger partial charge in [0.15, 0.2) is 4.34 Å². The maximum atomic E-state index is 12.1. The van der Waals surface area contributed by atoms with Crippen LogP contribution < -0.4 is 10.6 Å². The summed E-state index contributed by atoms with van der Waals surface area (Å²) in [5.41, 5.74) is 2.95. The molecule has 3 aromatic rings. The number of nitro groups is 1. The number of nitro benzene ring substituents is 1. The molecule has 0 atom stereocenters. The average molecular weight is 416 g/mol. The first-order chi connectivity index (χ1) is 13.4. The maximum Gasteiger partial charge on any atom is 0.274 e. The zero-order valence-corrected chi connectivity index (χ0v) is 16.8. The van der Waals surface area contributed by atoms with Crippen molar-refractivity contribution in [3.8, 4) is 0 Å². The van der Waals surface area contributed by atoms with E-state index in [1.165, 1.54) is 29.2 Å². The van der Waals surface area contributed by atoms with Crippen LogP contribution in [0.15, 0.2) is 46.8 Å². The molecule has 2 N–H and O–H groups in total. The van der Waals surface area contributed by atoms with Gasteiger partial charge in [0, 0.05) is 23.0 Å². The van der Waals surface area contributed by atoms with Gasteiger partial charge in [-0.2, -0.15) is 0 Å². The van der Waals surface area contributed by atoms with Gasteiger partial charge in [0.25, 0.3) is 5.69 Å².